The van der Waals surface area contributed by atoms with E-state index in [4.69, 9.17) is 14.9 Å². The minimum absolute atomic E-state index is 0.157. The first kappa shape index (κ1) is 18.7. The number of nitrogens with zero attached hydrogens (tertiary/aromatic N) is 1. The van der Waals surface area contributed by atoms with Gasteiger partial charge in [0.15, 0.2) is 0 Å². The topological polar surface area (TPSA) is 47.7 Å². The summed E-state index contributed by atoms with van der Waals surface area (Å²) in [5.41, 5.74) is 8.95. The quantitative estimate of drug-likeness (QED) is 0.612. The smallest absolute Gasteiger partial charge is 0.224 e. The monoisotopic (exact) mass is 398 g/mol. The molecule has 4 atom stereocenters. The number of nitrogens with two attached hydrogens (primary N) is 1. The van der Waals surface area contributed by atoms with E-state index in [1.54, 1.807) is 0 Å². The van der Waals surface area contributed by atoms with Crippen LogP contribution in [0.3, 0.4) is 0 Å². The Labute approximate surface area is 171 Å². The number of piperidine rings is 1. The summed E-state index contributed by atoms with van der Waals surface area (Å²) in [7, 11) is -0.641. The maximum atomic E-state index is 6.56. The molecule has 4 aliphatic rings. The van der Waals surface area contributed by atoms with E-state index in [0.717, 1.165) is 50.4 Å². The number of hydrogen-bond donors (Lipinski definition) is 1. The maximum Gasteiger partial charge on any atom is 0.224 e. The van der Waals surface area contributed by atoms with Gasteiger partial charge >= 0.3 is 0 Å². The Kier molecular flexibility index (Phi) is 4.42. The highest BCUT2D eigenvalue weighted by Gasteiger charge is 2.62. The van der Waals surface area contributed by atoms with E-state index >= 15 is 0 Å². The molecule has 2 aliphatic carbocycles. The molecule has 1 spiro atoms. The van der Waals surface area contributed by atoms with Crippen LogP contribution in [0.1, 0.15) is 51.2 Å². The maximum absolute atomic E-state index is 6.56. The molecule has 1 aromatic rings. The van der Waals surface area contributed by atoms with E-state index in [-0.39, 0.29) is 10.5 Å². The fourth-order valence-electron chi connectivity index (χ4n) is 6.11. The summed E-state index contributed by atoms with van der Waals surface area (Å²) >= 11 is 0. The van der Waals surface area contributed by atoms with Crippen molar-refractivity contribution in [3.05, 3.63) is 35.4 Å². The summed E-state index contributed by atoms with van der Waals surface area (Å²) in [4.78, 5) is 2.70. The molecule has 2 aliphatic heterocycles. The van der Waals surface area contributed by atoms with Crippen LogP contribution in [-0.2, 0) is 11.8 Å². The van der Waals surface area contributed by atoms with Crippen LogP contribution in [0.25, 0.3) is 0 Å². The third-order valence-electron chi connectivity index (χ3n) is 7.25. The zero-order valence-corrected chi connectivity index (χ0v) is 19.0. The van der Waals surface area contributed by atoms with Crippen LogP contribution in [-0.4, -0.2) is 46.4 Å². The highest BCUT2D eigenvalue weighted by Crippen LogP contribution is 2.62. The lowest BCUT2D eigenvalue weighted by Crippen LogP contribution is -2.63. The van der Waals surface area contributed by atoms with E-state index in [1.165, 1.54) is 17.5 Å². The summed E-state index contributed by atoms with van der Waals surface area (Å²) in [6.07, 6.45) is 9.55. The Morgan fingerprint density at radius 1 is 1.36 bits per heavy atom. The van der Waals surface area contributed by atoms with Crippen molar-refractivity contribution in [1.82, 2.24) is 4.90 Å². The normalized spacial score (nSPS) is 33.2. The molecule has 1 saturated heterocycles. The molecule has 2 heterocycles. The zero-order chi connectivity index (χ0) is 19.5. The van der Waals surface area contributed by atoms with Gasteiger partial charge in [0, 0.05) is 34.9 Å². The number of likely N-dealkylation sites (tertiary alicyclic amines) is 1. The fourth-order valence-corrected chi connectivity index (χ4v) is 6.97. The number of benzene rings is 1. The molecular formula is C23H34N2O2Si. The standard InChI is InChI=1S/C23H34N2O2Si/c1-22(2,3)28-27-18-8-9-19-21-15(18)14-17-16-6-4-7-20(26-19)23(16,21)10-13-25(17)12-5-11-24/h4,6,8-9,16-17,20H,5,7,10-14,24,28H2,1-3H3/t16-,17+,20?,23+/m0/s1. The van der Waals surface area contributed by atoms with Crippen molar-refractivity contribution in [2.24, 2.45) is 11.7 Å². The molecule has 0 radical (unpaired) electrons. The lowest BCUT2D eigenvalue weighted by molar-refractivity contribution is -0.00973. The Bertz CT molecular complexity index is 803. The molecule has 5 heteroatoms. The second kappa shape index (κ2) is 6.61. The molecule has 2 bridgehead atoms. The molecule has 2 N–H and O–H groups in total. The van der Waals surface area contributed by atoms with Crippen LogP contribution in [0, 0.1) is 5.92 Å². The average molecular weight is 399 g/mol. The highest BCUT2D eigenvalue weighted by molar-refractivity contribution is 6.32. The van der Waals surface area contributed by atoms with Crippen LogP contribution in [0.4, 0.5) is 0 Å². The van der Waals surface area contributed by atoms with Crippen molar-refractivity contribution in [3.8, 4) is 11.5 Å². The van der Waals surface area contributed by atoms with E-state index in [1.807, 2.05) is 0 Å². The van der Waals surface area contributed by atoms with Crippen molar-refractivity contribution in [2.45, 2.75) is 69.1 Å². The van der Waals surface area contributed by atoms with Crippen LogP contribution < -0.4 is 14.9 Å². The van der Waals surface area contributed by atoms with E-state index in [0.29, 0.717) is 18.1 Å². The first-order chi connectivity index (χ1) is 13.4. The SMILES string of the molecule is CC(C)(C)[SiH2]Oc1ccc2c3c1C[C@@H]1[C@@H]4C=CCC(O2)[C@]34CCN1CCCN. The fraction of sp³-hybridized carbons (Fsp3) is 0.652. The molecule has 28 heavy (non-hydrogen) atoms. The largest absolute Gasteiger partial charge is 0.549 e. The molecule has 1 fully saturated rings. The second-order valence-corrected chi connectivity index (χ2v) is 13.0. The Balaban J connectivity index is 1.58. The Morgan fingerprint density at radius 2 is 2.21 bits per heavy atom. The molecule has 152 valence electrons. The molecule has 1 unspecified atom stereocenters. The minimum Gasteiger partial charge on any atom is -0.549 e. The van der Waals surface area contributed by atoms with E-state index in [9.17, 15) is 0 Å². The summed E-state index contributed by atoms with van der Waals surface area (Å²) in [5.74, 6) is 2.83. The number of ether oxygens (including phenoxy) is 1. The van der Waals surface area contributed by atoms with Gasteiger partial charge in [0.1, 0.15) is 17.6 Å². The van der Waals surface area contributed by atoms with Gasteiger partial charge in [0.2, 0.25) is 9.76 Å². The molecule has 0 aromatic heterocycles. The number of hydrogen-bond acceptors (Lipinski definition) is 4. The van der Waals surface area contributed by atoms with E-state index < -0.39 is 9.76 Å². The van der Waals surface area contributed by atoms with Gasteiger partial charge in [-0.05, 0) is 56.1 Å². The van der Waals surface area contributed by atoms with Gasteiger partial charge in [-0.1, -0.05) is 32.9 Å². The highest BCUT2D eigenvalue weighted by atomic mass is 28.2. The van der Waals surface area contributed by atoms with Crippen LogP contribution >= 0.6 is 0 Å². The molecule has 5 rings (SSSR count). The predicted molar refractivity (Wildman–Crippen MR) is 116 cm³/mol. The summed E-state index contributed by atoms with van der Waals surface area (Å²) in [5, 5.41) is 0.289. The van der Waals surface area contributed by atoms with Crippen LogP contribution in [0.15, 0.2) is 24.3 Å². The molecule has 0 saturated carbocycles. The van der Waals surface area contributed by atoms with Crippen molar-refractivity contribution >= 4 is 9.76 Å². The summed E-state index contributed by atoms with van der Waals surface area (Å²) in [6.45, 7) is 9.92. The zero-order valence-electron chi connectivity index (χ0n) is 17.5. The minimum atomic E-state index is -0.641. The predicted octanol–water partition coefficient (Wildman–Crippen LogP) is 2.92. The molecule has 1 aromatic carbocycles. The molecule has 0 amide bonds. The lowest BCUT2D eigenvalue weighted by atomic mass is 9.53. The number of rotatable bonds is 5. The van der Waals surface area contributed by atoms with E-state index in [2.05, 4.69) is 50.0 Å². The van der Waals surface area contributed by atoms with Gasteiger partial charge in [0.05, 0.1) is 0 Å². The van der Waals surface area contributed by atoms with Crippen LogP contribution in [0.5, 0.6) is 11.5 Å². The molecule has 4 nitrogen and oxygen atoms in total. The van der Waals surface area contributed by atoms with Crippen molar-refractivity contribution < 1.29 is 9.16 Å². The van der Waals surface area contributed by atoms with Gasteiger partial charge in [-0.2, -0.15) is 0 Å². The summed E-state index contributed by atoms with van der Waals surface area (Å²) in [6, 6.07) is 4.92. The average Bonchev–Trinajstić information content (AvgIpc) is 2.98. The van der Waals surface area contributed by atoms with Gasteiger partial charge < -0.3 is 14.9 Å². The Morgan fingerprint density at radius 3 is 3.00 bits per heavy atom. The van der Waals surface area contributed by atoms with Gasteiger partial charge in [-0.25, -0.2) is 0 Å². The van der Waals surface area contributed by atoms with Crippen molar-refractivity contribution in [1.29, 1.82) is 0 Å². The van der Waals surface area contributed by atoms with Gasteiger partial charge in [-0.15, -0.1) is 0 Å². The first-order valence-electron chi connectivity index (χ1n) is 11.0. The summed E-state index contributed by atoms with van der Waals surface area (Å²) < 4.78 is 13.1. The molecular weight excluding hydrogens is 364 g/mol. The lowest BCUT2D eigenvalue weighted by Gasteiger charge is -2.56. The first-order valence-corrected chi connectivity index (χ1v) is 12.3. The van der Waals surface area contributed by atoms with Crippen molar-refractivity contribution in [2.75, 3.05) is 19.6 Å². The third kappa shape index (κ3) is 2.70. The second-order valence-electron chi connectivity index (χ2n) is 10.3. The van der Waals surface area contributed by atoms with Gasteiger partial charge in [0.25, 0.3) is 0 Å². The van der Waals surface area contributed by atoms with Crippen molar-refractivity contribution in [3.63, 3.8) is 0 Å². The van der Waals surface area contributed by atoms with Crippen LogP contribution in [0.2, 0.25) is 5.04 Å². The van der Waals surface area contributed by atoms with Gasteiger partial charge in [-0.3, -0.25) is 4.90 Å². The third-order valence-corrected chi connectivity index (χ3v) is 8.57. The Hall–Kier alpha value is -1.30.